The summed E-state index contributed by atoms with van der Waals surface area (Å²) in [7, 11) is 1.86. The van der Waals surface area contributed by atoms with Gasteiger partial charge in [0.2, 0.25) is 5.91 Å². The number of fused-ring (bicyclic) bond motifs is 1. The number of carbonyl (C=O) groups is 1. The zero-order chi connectivity index (χ0) is 18.8. The second kappa shape index (κ2) is 7.39. The van der Waals surface area contributed by atoms with Crippen LogP contribution in [0.2, 0.25) is 0 Å². The number of rotatable bonds is 7. The number of nitrogens with zero attached hydrogens (tertiary/aromatic N) is 2. The molecule has 1 fully saturated rings. The maximum absolute atomic E-state index is 12.2. The van der Waals surface area contributed by atoms with Crippen molar-refractivity contribution < 1.29 is 4.79 Å². The van der Waals surface area contributed by atoms with Crippen LogP contribution in [-0.4, -0.2) is 27.9 Å². The van der Waals surface area contributed by atoms with E-state index < -0.39 is 0 Å². The van der Waals surface area contributed by atoms with Crippen LogP contribution in [0.1, 0.15) is 55.2 Å². The highest BCUT2D eigenvalue weighted by molar-refractivity contribution is 5.83. The standard InChI is InChI=1S/C21H25N5O/c1-3-20(27)24-17(10-14-12-23-16-7-5-4-6-15(14)16)18-11-19(22-2)26-21(25-18)13-8-9-13/h4-7,11-13,17,23H,3,8-10H2,1-2H3,(H,24,27)(H,22,25,26)/t17-/m0/s1. The van der Waals surface area contributed by atoms with Gasteiger partial charge in [-0.25, -0.2) is 9.97 Å². The molecule has 2 aromatic heterocycles. The minimum absolute atomic E-state index is 0.0254. The molecule has 6 heteroatoms. The minimum Gasteiger partial charge on any atom is -0.373 e. The lowest BCUT2D eigenvalue weighted by Crippen LogP contribution is -2.30. The molecule has 1 amide bonds. The zero-order valence-corrected chi connectivity index (χ0v) is 15.7. The van der Waals surface area contributed by atoms with Crippen molar-refractivity contribution in [3.63, 3.8) is 0 Å². The van der Waals surface area contributed by atoms with Crippen molar-refractivity contribution in [3.8, 4) is 0 Å². The third-order valence-corrected chi connectivity index (χ3v) is 5.07. The van der Waals surface area contributed by atoms with Crippen LogP contribution < -0.4 is 10.6 Å². The van der Waals surface area contributed by atoms with Crippen molar-refractivity contribution in [2.24, 2.45) is 0 Å². The Bertz CT molecular complexity index is 960. The largest absolute Gasteiger partial charge is 0.373 e. The molecule has 0 aliphatic heterocycles. The fourth-order valence-electron chi connectivity index (χ4n) is 3.36. The summed E-state index contributed by atoms with van der Waals surface area (Å²) in [6.45, 7) is 1.87. The number of aromatic amines is 1. The molecule has 27 heavy (non-hydrogen) atoms. The van der Waals surface area contributed by atoms with Crippen LogP contribution in [0, 0.1) is 0 Å². The normalized spacial score (nSPS) is 14.9. The van der Waals surface area contributed by atoms with E-state index in [-0.39, 0.29) is 11.9 Å². The first kappa shape index (κ1) is 17.5. The van der Waals surface area contributed by atoms with E-state index in [2.05, 4.69) is 32.7 Å². The monoisotopic (exact) mass is 363 g/mol. The van der Waals surface area contributed by atoms with Crippen molar-refractivity contribution in [1.82, 2.24) is 20.3 Å². The molecule has 0 radical (unpaired) electrons. The predicted octanol–water partition coefficient (Wildman–Crippen LogP) is 3.69. The highest BCUT2D eigenvalue weighted by Crippen LogP contribution is 2.39. The van der Waals surface area contributed by atoms with E-state index in [1.54, 1.807) is 0 Å². The van der Waals surface area contributed by atoms with E-state index in [1.807, 2.05) is 38.4 Å². The van der Waals surface area contributed by atoms with Gasteiger partial charge in [-0.3, -0.25) is 4.79 Å². The molecule has 140 valence electrons. The number of hydrogen-bond donors (Lipinski definition) is 3. The molecule has 0 spiro atoms. The fraction of sp³-hybridized carbons (Fsp3) is 0.381. The average molecular weight is 363 g/mol. The molecule has 0 saturated heterocycles. The third kappa shape index (κ3) is 3.79. The smallest absolute Gasteiger partial charge is 0.220 e. The lowest BCUT2D eigenvalue weighted by molar-refractivity contribution is -0.121. The Morgan fingerprint density at radius 3 is 2.85 bits per heavy atom. The molecule has 1 saturated carbocycles. The molecule has 0 bridgehead atoms. The number of nitrogens with one attached hydrogen (secondary N) is 3. The van der Waals surface area contributed by atoms with Crippen LogP contribution >= 0.6 is 0 Å². The summed E-state index contributed by atoms with van der Waals surface area (Å²) >= 11 is 0. The average Bonchev–Trinajstić information content (AvgIpc) is 3.48. The van der Waals surface area contributed by atoms with Crippen molar-refractivity contribution in [3.05, 3.63) is 53.6 Å². The van der Waals surface area contributed by atoms with Gasteiger partial charge in [0.1, 0.15) is 11.6 Å². The third-order valence-electron chi connectivity index (χ3n) is 5.07. The Morgan fingerprint density at radius 2 is 2.11 bits per heavy atom. The van der Waals surface area contributed by atoms with Gasteiger partial charge >= 0.3 is 0 Å². The van der Waals surface area contributed by atoms with E-state index in [4.69, 9.17) is 4.98 Å². The van der Waals surface area contributed by atoms with Gasteiger partial charge in [0.15, 0.2) is 0 Å². The molecule has 3 aromatic rings. The van der Waals surface area contributed by atoms with Gasteiger partial charge < -0.3 is 15.6 Å². The van der Waals surface area contributed by atoms with Gasteiger partial charge in [-0.2, -0.15) is 0 Å². The SMILES string of the molecule is CCC(=O)N[C@@H](Cc1c[nH]c2ccccc12)c1cc(NC)nc(C2CC2)n1. The summed E-state index contributed by atoms with van der Waals surface area (Å²) in [5.41, 5.74) is 3.14. The van der Waals surface area contributed by atoms with Crippen LogP contribution in [0.5, 0.6) is 0 Å². The first-order chi connectivity index (χ1) is 13.2. The van der Waals surface area contributed by atoms with Crippen LogP contribution in [-0.2, 0) is 11.2 Å². The Morgan fingerprint density at radius 1 is 1.30 bits per heavy atom. The van der Waals surface area contributed by atoms with Crippen LogP contribution in [0.4, 0.5) is 5.82 Å². The number of para-hydroxylation sites is 1. The summed E-state index contributed by atoms with van der Waals surface area (Å²) in [6, 6.07) is 9.98. The molecule has 4 rings (SSSR count). The van der Waals surface area contributed by atoms with E-state index in [0.717, 1.165) is 35.7 Å². The van der Waals surface area contributed by atoms with E-state index >= 15 is 0 Å². The van der Waals surface area contributed by atoms with Crippen molar-refractivity contribution in [1.29, 1.82) is 0 Å². The summed E-state index contributed by atoms with van der Waals surface area (Å²) < 4.78 is 0. The molecule has 6 nitrogen and oxygen atoms in total. The number of aromatic nitrogens is 3. The molecule has 0 unspecified atom stereocenters. The van der Waals surface area contributed by atoms with Crippen LogP contribution in [0.15, 0.2) is 36.5 Å². The predicted molar refractivity (Wildman–Crippen MR) is 107 cm³/mol. The Kier molecular flexibility index (Phi) is 4.79. The molecule has 1 atom stereocenters. The van der Waals surface area contributed by atoms with Gasteiger partial charge in [-0.05, 0) is 24.5 Å². The van der Waals surface area contributed by atoms with Crippen LogP contribution in [0.3, 0.4) is 0 Å². The minimum atomic E-state index is -0.191. The summed E-state index contributed by atoms with van der Waals surface area (Å²) in [6.07, 6.45) is 5.43. The fourth-order valence-corrected chi connectivity index (χ4v) is 3.36. The van der Waals surface area contributed by atoms with E-state index in [9.17, 15) is 4.79 Å². The topological polar surface area (TPSA) is 82.7 Å². The maximum atomic E-state index is 12.2. The Balaban J connectivity index is 1.70. The lowest BCUT2D eigenvalue weighted by atomic mass is 10.0. The number of H-pyrrole nitrogens is 1. The van der Waals surface area contributed by atoms with Crippen molar-refractivity contribution in [2.45, 2.75) is 44.6 Å². The maximum Gasteiger partial charge on any atom is 0.220 e. The van der Waals surface area contributed by atoms with Crippen molar-refractivity contribution >= 4 is 22.6 Å². The van der Waals surface area contributed by atoms with E-state index in [0.29, 0.717) is 18.8 Å². The zero-order valence-electron chi connectivity index (χ0n) is 15.7. The van der Waals surface area contributed by atoms with E-state index in [1.165, 1.54) is 10.9 Å². The second-order valence-electron chi connectivity index (χ2n) is 7.10. The quantitative estimate of drug-likeness (QED) is 0.598. The summed E-state index contributed by atoms with van der Waals surface area (Å²) in [4.78, 5) is 24.9. The molecule has 2 heterocycles. The highest BCUT2D eigenvalue weighted by Gasteiger charge is 2.28. The molecule has 1 aromatic carbocycles. The molecular weight excluding hydrogens is 338 g/mol. The number of hydrogen-bond acceptors (Lipinski definition) is 4. The Hall–Kier alpha value is -2.89. The highest BCUT2D eigenvalue weighted by atomic mass is 16.1. The van der Waals surface area contributed by atoms with Crippen molar-refractivity contribution in [2.75, 3.05) is 12.4 Å². The number of carbonyl (C=O) groups excluding carboxylic acids is 1. The van der Waals surface area contributed by atoms with Gasteiger partial charge in [-0.1, -0.05) is 25.1 Å². The first-order valence-corrected chi connectivity index (χ1v) is 9.59. The number of benzene rings is 1. The van der Waals surface area contributed by atoms with Gasteiger partial charge in [0, 0.05) is 49.0 Å². The first-order valence-electron chi connectivity index (χ1n) is 9.59. The van der Waals surface area contributed by atoms with Gasteiger partial charge in [0.25, 0.3) is 0 Å². The molecule has 3 N–H and O–H groups in total. The summed E-state index contributed by atoms with van der Waals surface area (Å²) in [5.74, 6) is 2.16. The molecular formula is C21H25N5O. The number of anilines is 1. The molecule has 1 aliphatic carbocycles. The van der Waals surface area contributed by atoms with Gasteiger partial charge in [0.05, 0.1) is 11.7 Å². The lowest BCUT2D eigenvalue weighted by Gasteiger charge is -2.19. The second-order valence-corrected chi connectivity index (χ2v) is 7.10. The molecule has 1 aliphatic rings. The Labute approximate surface area is 158 Å². The summed E-state index contributed by atoms with van der Waals surface area (Å²) in [5, 5.41) is 7.46. The van der Waals surface area contributed by atoms with Gasteiger partial charge in [-0.15, -0.1) is 0 Å². The van der Waals surface area contributed by atoms with Crippen LogP contribution in [0.25, 0.3) is 10.9 Å². The number of amides is 1.